The van der Waals surface area contributed by atoms with E-state index in [-0.39, 0.29) is 17.5 Å². The van der Waals surface area contributed by atoms with Gasteiger partial charge in [0.05, 0.1) is 5.52 Å². The molecule has 8 heteroatoms. The number of thiophene rings is 1. The first kappa shape index (κ1) is 24.1. The van der Waals surface area contributed by atoms with Crippen molar-refractivity contribution in [3.63, 3.8) is 0 Å². The largest absolute Gasteiger partial charge is 0.354 e. The van der Waals surface area contributed by atoms with E-state index in [9.17, 15) is 9.59 Å². The fourth-order valence-corrected chi connectivity index (χ4v) is 5.01. The van der Waals surface area contributed by atoms with E-state index >= 15 is 0 Å². The van der Waals surface area contributed by atoms with Gasteiger partial charge in [0.25, 0.3) is 5.56 Å². The third-order valence-corrected chi connectivity index (χ3v) is 7.02. The van der Waals surface area contributed by atoms with Gasteiger partial charge in [0.15, 0.2) is 0 Å². The van der Waals surface area contributed by atoms with E-state index < -0.39 is 0 Å². The van der Waals surface area contributed by atoms with Gasteiger partial charge < -0.3 is 5.32 Å². The summed E-state index contributed by atoms with van der Waals surface area (Å²) in [4.78, 5) is 25.5. The number of hydrogen-bond acceptors (Lipinski definition) is 5. The van der Waals surface area contributed by atoms with Gasteiger partial charge in [-0.3, -0.25) is 18.6 Å². The summed E-state index contributed by atoms with van der Waals surface area (Å²) >= 11 is 1.45. The first-order valence-electron chi connectivity index (χ1n) is 12.1. The van der Waals surface area contributed by atoms with Gasteiger partial charge in [0.2, 0.25) is 11.7 Å². The average Bonchev–Trinajstić information content (AvgIpc) is 3.46. The van der Waals surface area contributed by atoms with Crippen LogP contribution in [0.3, 0.4) is 0 Å². The lowest BCUT2D eigenvalue weighted by Gasteiger charge is -2.14. The van der Waals surface area contributed by atoms with E-state index in [2.05, 4.69) is 48.4 Å². The van der Waals surface area contributed by atoms with E-state index in [4.69, 9.17) is 0 Å². The molecule has 1 N–H and O–H groups in total. The standard InChI is InChI=1S/C26H33N5O2S/c1-18(2)14-16-30-25(33)24-21(15-17-34-24)31-22(28-29-26(30)31)10-7-11-23(32)27-19(3)12-13-20-8-5-4-6-9-20/h4-6,8-9,15,17-19H,7,10-14,16H2,1-3H3,(H,27,32). The summed E-state index contributed by atoms with van der Waals surface area (Å²) in [6, 6.07) is 12.4. The van der Waals surface area contributed by atoms with E-state index in [1.54, 1.807) is 4.57 Å². The number of benzene rings is 1. The van der Waals surface area contributed by atoms with Gasteiger partial charge in [-0.15, -0.1) is 21.5 Å². The lowest BCUT2D eigenvalue weighted by molar-refractivity contribution is -0.121. The van der Waals surface area contributed by atoms with Gasteiger partial charge in [-0.05, 0) is 55.5 Å². The van der Waals surface area contributed by atoms with Crippen LogP contribution in [-0.2, 0) is 24.2 Å². The second-order valence-electron chi connectivity index (χ2n) is 9.37. The number of amides is 1. The number of fused-ring (bicyclic) bond motifs is 3. The molecule has 0 saturated heterocycles. The normalized spacial score (nSPS) is 12.6. The topological polar surface area (TPSA) is 81.3 Å². The van der Waals surface area contributed by atoms with E-state index in [0.29, 0.717) is 37.5 Å². The predicted octanol–water partition coefficient (Wildman–Crippen LogP) is 4.61. The highest BCUT2D eigenvalue weighted by Gasteiger charge is 2.18. The van der Waals surface area contributed by atoms with Crippen molar-refractivity contribution in [1.29, 1.82) is 0 Å². The summed E-state index contributed by atoms with van der Waals surface area (Å²) in [5.74, 6) is 1.93. The molecule has 0 aliphatic rings. The lowest BCUT2D eigenvalue weighted by atomic mass is 10.1. The van der Waals surface area contributed by atoms with Crippen molar-refractivity contribution in [2.45, 2.75) is 71.9 Å². The number of nitrogens with one attached hydrogen (secondary N) is 1. The Morgan fingerprint density at radius 1 is 1.06 bits per heavy atom. The summed E-state index contributed by atoms with van der Waals surface area (Å²) < 4.78 is 4.46. The van der Waals surface area contributed by atoms with Crippen LogP contribution >= 0.6 is 11.3 Å². The Balaban J connectivity index is 1.39. The quantitative estimate of drug-likeness (QED) is 0.341. The summed E-state index contributed by atoms with van der Waals surface area (Å²) in [6.07, 6.45) is 4.49. The van der Waals surface area contributed by atoms with Crippen molar-refractivity contribution < 1.29 is 4.79 Å². The van der Waals surface area contributed by atoms with E-state index in [1.165, 1.54) is 16.9 Å². The lowest BCUT2D eigenvalue weighted by Crippen LogP contribution is -2.32. The monoisotopic (exact) mass is 479 g/mol. The van der Waals surface area contributed by atoms with Crippen LogP contribution in [0.25, 0.3) is 16.0 Å². The Morgan fingerprint density at radius 2 is 1.85 bits per heavy atom. The molecule has 0 spiro atoms. The molecule has 0 fully saturated rings. The highest BCUT2D eigenvalue weighted by atomic mass is 32.1. The number of aryl methyl sites for hydroxylation is 3. The smallest absolute Gasteiger partial charge is 0.272 e. The van der Waals surface area contributed by atoms with Crippen molar-refractivity contribution in [2.75, 3.05) is 0 Å². The summed E-state index contributed by atoms with van der Waals surface area (Å²) in [5.41, 5.74) is 2.14. The minimum absolute atomic E-state index is 0.000896. The molecule has 34 heavy (non-hydrogen) atoms. The van der Waals surface area contributed by atoms with E-state index in [0.717, 1.165) is 35.3 Å². The van der Waals surface area contributed by atoms with Gasteiger partial charge in [-0.25, -0.2) is 0 Å². The van der Waals surface area contributed by atoms with Crippen LogP contribution in [0.4, 0.5) is 0 Å². The zero-order valence-corrected chi connectivity index (χ0v) is 21.0. The number of aromatic nitrogens is 4. The van der Waals surface area contributed by atoms with Gasteiger partial charge in [-0.2, -0.15) is 0 Å². The average molecular weight is 480 g/mol. The molecule has 1 unspecified atom stereocenters. The molecule has 0 saturated carbocycles. The third-order valence-electron chi connectivity index (χ3n) is 6.13. The molecule has 0 bridgehead atoms. The molecule has 4 aromatic rings. The van der Waals surface area contributed by atoms with Crippen molar-refractivity contribution in [1.82, 2.24) is 24.5 Å². The van der Waals surface area contributed by atoms with Gasteiger partial charge in [0.1, 0.15) is 10.5 Å². The summed E-state index contributed by atoms with van der Waals surface area (Å²) in [6.45, 7) is 6.97. The number of carbonyl (C=O) groups is 1. The maximum atomic E-state index is 13.0. The maximum Gasteiger partial charge on any atom is 0.272 e. The molecule has 0 radical (unpaired) electrons. The molecule has 180 valence electrons. The Morgan fingerprint density at radius 3 is 2.62 bits per heavy atom. The van der Waals surface area contributed by atoms with Gasteiger partial charge in [0, 0.05) is 25.4 Å². The first-order chi connectivity index (χ1) is 16.4. The number of nitrogens with zero attached hydrogens (tertiary/aromatic N) is 4. The minimum atomic E-state index is 0.000896. The van der Waals surface area contributed by atoms with Crippen LogP contribution in [0.1, 0.15) is 57.8 Å². The van der Waals surface area contributed by atoms with Crippen molar-refractivity contribution >= 4 is 33.2 Å². The summed E-state index contributed by atoms with van der Waals surface area (Å²) in [5, 5.41) is 13.8. The zero-order valence-electron chi connectivity index (χ0n) is 20.2. The van der Waals surface area contributed by atoms with Crippen LogP contribution in [0.5, 0.6) is 0 Å². The molecule has 4 rings (SSSR count). The second-order valence-corrected chi connectivity index (χ2v) is 10.3. The van der Waals surface area contributed by atoms with E-state index in [1.807, 2.05) is 34.0 Å². The van der Waals surface area contributed by atoms with Crippen LogP contribution in [0.2, 0.25) is 0 Å². The Labute approximate surface area is 203 Å². The Bertz CT molecular complexity index is 1310. The highest BCUT2D eigenvalue weighted by molar-refractivity contribution is 7.17. The zero-order chi connectivity index (χ0) is 24.1. The molecule has 1 atom stereocenters. The molecule has 0 aliphatic heterocycles. The molecule has 7 nitrogen and oxygen atoms in total. The molecule has 0 aliphatic carbocycles. The fraction of sp³-hybridized carbons (Fsp3) is 0.462. The molecular weight excluding hydrogens is 446 g/mol. The van der Waals surface area contributed by atoms with Crippen LogP contribution in [0.15, 0.2) is 46.6 Å². The Hall–Kier alpha value is -3.00. The Kier molecular flexibility index (Phi) is 7.77. The number of rotatable bonds is 11. The SMILES string of the molecule is CC(C)CCn1c(=O)c2sccc2n2c(CCCC(=O)NC(C)CCc3ccccc3)nnc12. The van der Waals surface area contributed by atoms with Gasteiger partial charge >= 0.3 is 0 Å². The molecule has 3 aromatic heterocycles. The number of hydrogen-bond donors (Lipinski definition) is 1. The molecule has 1 aromatic carbocycles. The summed E-state index contributed by atoms with van der Waals surface area (Å²) in [7, 11) is 0. The third kappa shape index (κ3) is 5.55. The fourth-order valence-electron chi connectivity index (χ4n) is 4.19. The van der Waals surface area contributed by atoms with Crippen molar-refractivity contribution in [3.05, 3.63) is 63.5 Å². The molecule has 3 heterocycles. The predicted molar refractivity (Wildman–Crippen MR) is 137 cm³/mol. The first-order valence-corrected chi connectivity index (χ1v) is 13.0. The highest BCUT2D eigenvalue weighted by Crippen LogP contribution is 2.21. The maximum absolute atomic E-state index is 13.0. The van der Waals surface area contributed by atoms with Crippen molar-refractivity contribution in [2.24, 2.45) is 5.92 Å². The molecule has 1 amide bonds. The second kappa shape index (κ2) is 11.0. The van der Waals surface area contributed by atoms with Crippen LogP contribution < -0.4 is 10.9 Å². The van der Waals surface area contributed by atoms with Crippen LogP contribution in [-0.4, -0.2) is 31.1 Å². The van der Waals surface area contributed by atoms with Crippen LogP contribution in [0, 0.1) is 5.92 Å². The van der Waals surface area contributed by atoms with Gasteiger partial charge in [-0.1, -0.05) is 44.2 Å². The number of carbonyl (C=O) groups excluding carboxylic acids is 1. The van der Waals surface area contributed by atoms with Crippen molar-refractivity contribution in [3.8, 4) is 0 Å². The molecular formula is C26H33N5O2S. The minimum Gasteiger partial charge on any atom is -0.354 e.